The first-order chi connectivity index (χ1) is 11.8. The van der Waals surface area contributed by atoms with Crippen LogP contribution in [0.3, 0.4) is 0 Å². The van der Waals surface area contributed by atoms with Crippen LogP contribution in [0.25, 0.3) is 11.3 Å². The topological polar surface area (TPSA) is 86.5 Å². The molecule has 0 fully saturated rings. The Balaban J connectivity index is 0.00000151. The van der Waals surface area contributed by atoms with Crippen molar-refractivity contribution in [1.82, 2.24) is 19.9 Å². The second-order valence-electron chi connectivity index (χ2n) is 4.47. The molecular formula is C16H20F3N5O. The maximum absolute atomic E-state index is 12.6. The molecule has 9 heteroatoms. The van der Waals surface area contributed by atoms with Gasteiger partial charge in [0.05, 0.1) is 0 Å². The van der Waals surface area contributed by atoms with Crippen LogP contribution in [0.15, 0.2) is 40.9 Å². The van der Waals surface area contributed by atoms with E-state index in [1.165, 1.54) is 0 Å². The molecule has 0 saturated carbocycles. The normalized spacial score (nSPS) is 12.7. The van der Waals surface area contributed by atoms with Crippen LogP contribution >= 0.6 is 0 Å². The zero-order valence-corrected chi connectivity index (χ0v) is 14.3. The van der Waals surface area contributed by atoms with E-state index in [4.69, 9.17) is 0 Å². The lowest BCUT2D eigenvalue weighted by Gasteiger charge is -2.04. The molecule has 136 valence electrons. The third kappa shape index (κ3) is 5.33. The molecular weight excluding hydrogens is 335 g/mol. The number of H-pyrrole nitrogens is 2. The van der Waals surface area contributed by atoms with Crippen molar-refractivity contribution in [2.24, 2.45) is 0 Å². The summed E-state index contributed by atoms with van der Waals surface area (Å²) in [6, 6.07) is 0. The summed E-state index contributed by atoms with van der Waals surface area (Å²) in [6.45, 7) is 7.61. The summed E-state index contributed by atoms with van der Waals surface area (Å²) in [5, 5.41) is 2.76. The molecule has 2 rings (SSSR count). The number of allylic oxidation sites excluding steroid dienone is 5. The Morgan fingerprint density at radius 2 is 1.72 bits per heavy atom. The van der Waals surface area contributed by atoms with Gasteiger partial charge in [-0.1, -0.05) is 32.1 Å². The van der Waals surface area contributed by atoms with Crippen LogP contribution in [-0.4, -0.2) is 19.9 Å². The molecule has 0 amide bonds. The molecule has 0 aliphatic rings. The van der Waals surface area contributed by atoms with Gasteiger partial charge in [-0.05, 0) is 26.0 Å². The van der Waals surface area contributed by atoms with Crippen LogP contribution in [0, 0.1) is 0 Å². The Morgan fingerprint density at radius 3 is 2.28 bits per heavy atom. The lowest BCUT2D eigenvalue weighted by molar-refractivity contribution is -0.144. The second-order valence-corrected chi connectivity index (χ2v) is 4.47. The van der Waals surface area contributed by atoms with Gasteiger partial charge in [-0.25, -0.2) is 9.97 Å². The van der Waals surface area contributed by atoms with Crippen molar-refractivity contribution < 1.29 is 13.2 Å². The minimum Gasteiger partial charge on any atom is -0.336 e. The summed E-state index contributed by atoms with van der Waals surface area (Å²) >= 11 is 0. The SMILES string of the molecule is CC.C\C=C/C=C(\C=C/C)Nc1nc2[nH]c(C(F)(F)F)nc2[nH]c1=O. The smallest absolute Gasteiger partial charge is 0.336 e. The molecule has 0 aliphatic heterocycles. The van der Waals surface area contributed by atoms with Crippen LogP contribution in [0.4, 0.5) is 19.0 Å². The Labute approximate surface area is 142 Å². The average Bonchev–Trinajstić information content (AvgIpc) is 2.98. The van der Waals surface area contributed by atoms with E-state index in [1.807, 2.05) is 25.8 Å². The molecule has 0 bridgehead atoms. The standard InChI is InChI=1S/C14H14F3N5O.C2H6/c1-3-5-7-8(6-4-2)18-11-12(23)20-10-9(19-11)21-13(22-10)14(15,16)17;1-2/h3-7H,1-2H3,(H3,18,19,20,21,22,23);1-2H3/b5-3-,6-4-,8-7+;. The first kappa shape index (κ1) is 20.2. The summed E-state index contributed by atoms with van der Waals surface area (Å²) in [4.78, 5) is 23.4. The van der Waals surface area contributed by atoms with Crippen molar-refractivity contribution >= 4 is 17.1 Å². The van der Waals surface area contributed by atoms with Gasteiger partial charge >= 0.3 is 6.18 Å². The fourth-order valence-corrected chi connectivity index (χ4v) is 1.74. The number of rotatable bonds is 4. The monoisotopic (exact) mass is 355 g/mol. The number of aromatic amines is 2. The quantitative estimate of drug-likeness (QED) is 0.720. The molecule has 2 heterocycles. The Kier molecular flexibility index (Phi) is 7.16. The summed E-state index contributed by atoms with van der Waals surface area (Å²) in [7, 11) is 0. The number of aromatic nitrogens is 4. The van der Waals surface area contributed by atoms with Crippen molar-refractivity contribution in [3.05, 3.63) is 52.3 Å². The maximum atomic E-state index is 12.6. The highest BCUT2D eigenvalue weighted by atomic mass is 19.4. The van der Waals surface area contributed by atoms with Gasteiger partial charge in [0, 0.05) is 5.70 Å². The van der Waals surface area contributed by atoms with Gasteiger partial charge in [0.15, 0.2) is 17.1 Å². The molecule has 0 unspecified atom stereocenters. The number of fused-ring (bicyclic) bond motifs is 1. The molecule has 0 aliphatic carbocycles. The number of anilines is 1. The maximum Gasteiger partial charge on any atom is 0.449 e. The van der Waals surface area contributed by atoms with Crippen molar-refractivity contribution in [2.45, 2.75) is 33.9 Å². The van der Waals surface area contributed by atoms with Gasteiger partial charge in [-0.15, -0.1) is 0 Å². The van der Waals surface area contributed by atoms with E-state index < -0.39 is 17.6 Å². The zero-order chi connectivity index (χ0) is 19.0. The highest BCUT2D eigenvalue weighted by molar-refractivity contribution is 5.68. The van der Waals surface area contributed by atoms with E-state index in [1.54, 1.807) is 37.3 Å². The molecule has 0 aromatic carbocycles. The van der Waals surface area contributed by atoms with Crippen LogP contribution in [0.1, 0.15) is 33.5 Å². The van der Waals surface area contributed by atoms with Crippen LogP contribution in [-0.2, 0) is 6.18 Å². The zero-order valence-electron chi connectivity index (χ0n) is 14.3. The van der Waals surface area contributed by atoms with Crippen molar-refractivity contribution in [2.75, 3.05) is 5.32 Å². The number of imidazole rings is 1. The molecule has 2 aromatic rings. The molecule has 3 N–H and O–H groups in total. The number of nitrogens with zero attached hydrogens (tertiary/aromatic N) is 2. The molecule has 0 spiro atoms. The Hall–Kier alpha value is -2.84. The largest absolute Gasteiger partial charge is 0.449 e. The molecule has 0 radical (unpaired) electrons. The van der Waals surface area contributed by atoms with E-state index in [0.717, 1.165) is 0 Å². The molecule has 25 heavy (non-hydrogen) atoms. The van der Waals surface area contributed by atoms with E-state index in [9.17, 15) is 18.0 Å². The van der Waals surface area contributed by atoms with Crippen molar-refractivity contribution in [3.8, 4) is 0 Å². The van der Waals surface area contributed by atoms with E-state index in [0.29, 0.717) is 5.70 Å². The third-order valence-corrected chi connectivity index (χ3v) is 2.70. The predicted octanol–water partition coefficient (Wildman–Crippen LogP) is 4.14. The van der Waals surface area contributed by atoms with Gasteiger partial charge in [0.25, 0.3) is 5.56 Å². The van der Waals surface area contributed by atoms with Crippen LogP contribution in [0.2, 0.25) is 0 Å². The molecule has 2 aromatic heterocycles. The van der Waals surface area contributed by atoms with Gasteiger partial charge < -0.3 is 15.3 Å². The van der Waals surface area contributed by atoms with Gasteiger partial charge in [-0.3, -0.25) is 4.79 Å². The van der Waals surface area contributed by atoms with Gasteiger partial charge in [-0.2, -0.15) is 13.2 Å². The Bertz CT molecular complexity index is 844. The molecule has 6 nitrogen and oxygen atoms in total. The van der Waals surface area contributed by atoms with E-state index in [-0.39, 0.29) is 17.1 Å². The highest BCUT2D eigenvalue weighted by Gasteiger charge is 2.35. The van der Waals surface area contributed by atoms with E-state index in [2.05, 4.69) is 20.3 Å². The van der Waals surface area contributed by atoms with Crippen LogP contribution in [0.5, 0.6) is 0 Å². The van der Waals surface area contributed by atoms with Crippen LogP contribution < -0.4 is 10.9 Å². The number of alkyl halides is 3. The predicted molar refractivity (Wildman–Crippen MR) is 92.2 cm³/mol. The Morgan fingerprint density at radius 1 is 1.08 bits per heavy atom. The summed E-state index contributed by atoms with van der Waals surface area (Å²) < 4.78 is 37.9. The fourth-order valence-electron chi connectivity index (χ4n) is 1.74. The minimum absolute atomic E-state index is 0.135. The number of hydrogen-bond acceptors (Lipinski definition) is 4. The van der Waals surface area contributed by atoms with Crippen molar-refractivity contribution in [1.29, 1.82) is 0 Å². The number of halogens is 3. The second kappa shape index (κ2) is 8.86. The summed E-state index contributed by atoms with van der Waals surface area (Å²) in [6.07, 6.45) is 4.02. The first-order valence-corrected chi connectivity index (χ1v) is 7.65. The number of nitrogens with one attached hydrogen (secondary N) is 3. The minimum atomic E-state index is -4.65. The summed E-state index contributed by atoms with van der Waals surface area (Å²) in [5.74, 6) is -1.35. The highest BCUT2D eigenvalue weighted by Crippen LogP contribution is 2.27. The third-order valence-electron chi connectivity index (χ3n) is 2.70. The molecule has 0 saturated heterocycles. The number of hydrogen-bond donors (Lipinski definition) is 3. The van der Waals surface area contributed by atoms with E-state index >= 15 is 0 Å². The van der Waals surface area contributed by atoms with Gasteiger partial charge in [0.1, 0.15) is 0 Å². The average molecular weight is 355 g/mol. The first-order valence-electron chi connectivity index (χ1n) is 7.65. The van der Waals surface area contributed by atoms with Crippen molar-refractivity contribution in [3.63, 3.8) is 0 Å². The lowest BCUT2D eigenvalue weighted by Crippen LogP contribution is -2.15. The molecule has 0 atom stereocenters. The summed E-state index contributed by atoms with van der Waals surface area (Å²) in [5.41, 5.74) is -0.532. The fraction of sp³-hybridized carbons (Fsp3) is 0.312. The van der Waals surface area contributed by atoms with Gasteiger partial charge in [0.2, 0.25) is 5.82 Å². The lowest BCUT2D eigenvalue weighted by atomic mass is 10.3.